The first kappa shape index (κ1) is 13.2. The topological polar surface area (TPSA) is 53.3 Å². The first-order valence-corrected chi connectivity index (χ1v) is 6.13. The van der Waals surface area contributed by atoms with Crippen LogP contribution in [0.1, 0.15) is 10.4 Å². The average Bonchev–Trinajstić information content (AvgIpc) is 2.41. The van der Waals surface area contributed by atoms with Crippen LogP contribution in [0.15, 0.2) is 18.2 Å². The van der Waals surface area contributed by atoms with Crippen molar-refractivity contribution in [2.75, 3.05) is 19.7 Å². The molecule has 1 aromatic carbocycles. The molecule has 0 N–H and O–H groups in total. The second kappa shape index (κ2) is 5.57. The van der Waals surface area contributed by atoms with Crippen LogP contribution in [0.5, 0.6) is 0 Å². The number of ether oxygens (including phenoxy) is 1. The predicted molar refractivity (Wildman–Crippen MR) is 67.7 cm³/mol. The average molecular weight is 285 g/mol. The highest BCUT2D eigenvalue weighted by Gasteiger charge is 2.26. The van der Waals surface area contributed by atoms with Gasteiger partial charge in [-0.2, -0.15) is 5.26 Å². The zero-order chi connectivity index (χ0) is 13.1. The van der Waals surface area contributed by atoms with E-state index in [1.54, 1.807) is 17.0 Å². The number of hydrogen-bond acceptors (Lipinski definition) is 3. The Morgan fingerprint density at radius 1 is 1.50 bits per heavy atom. The number of halogens is 2. The van der Waals surface area contributed by atoms with Crippen molar-refractivity contribution >= 4 is 29.1 Å². The summed E-state index contributed by atoms with van der Waals surface area (Å²) in [5, 5.41) is 9.60. The molecule has 1 atom stereocenters. The molecule has 2 rings (SSSR count). The van der Waals surface area contributed by atoms with Gasteiger partial charge in [-0.15, -0.1) is 0 Å². The van der Waals surface area contributed by atoms with Gasteiger partial charge in [0.25, 0.3) is 5.91 Å². The molecule has 0 spiro atoms. The van der Waals surface area contributed by atoms with E-state index < -0.39 is 6.10 Å². The minimum absolute atomic E-state index is 0.231. The smallest absolute Gasteiger partial charge is 0.255 e. The lowest BCUT2D eigenvalue weighted by Crippen LogP contribution is -2.45. The molecule has 1 amide bonds. The Hall–Kier alpha value is -1.28. The van der Waals surface area contributed by atoms with Gasteiger partial charge in [-0.05, 0) is 18.2 Å². The van der Waals surface area contributed by atoms with Crippen LogP contribution in [-0.2, 0) is 4.74 Å². The van der Waals surface area contributed by atoms with Gasteiger partial charge in [0, 0.05) is 11.6 Å². The van der Waals surface area contributed by atoms with Gasteiger partial charge in [-0.25, -0.2) is 0 Å². The third-order valence-corrected chi connectivity index (χ3v) is 3.22. The van der Waals surface area contributed by atoms with E-state index >= 15 is 0 Å². The lowest BCUT2D eigenvalue weighted by Gasteiger charge is -2.30. The van der Waals surface area contributed by atoms with E-state index in [0.717, 1.165) is 0 Å². The first-order chi connectivity index (χ1) is 8.61. The van der Waals surface area contributed by atoms with E-state index in [1.807, 2.05) is 6.07 Å². The maximum Gasteiger partial charge on any atom is 0.255 e. The quantitative estimate of drug-likeness (QED) is 0.796. The van der Waals surface area contributed by atoms with Gasteiger partial charge in [-0.1, -0.05) is 23.2 Å². The number of benzene rings is 1. The second-order valence-electron chi connectivity index (χ2n) is 3.86. The van der Waals surface area contributed by atoms with Crippen LogP contribution in [0.4, 0.5) is 0 Å². The Bertz CT molecular complexity index is 513. The molecule has 0 saturated carbocycles. The molecule has 0 radical (unpaired) electrons. The summed E-state index contributed by atoms with van der Waals surface area (Å²) in [5.41, 5.74) is 0.350. The number of carbonyl (C=O) groups excluding carboxylic acids is 1. The number of morpholine rings is 1. The zero-order valence-electron chi connectivity index (χ0n) is 9.40. The molecular weight excluding hydrogens is 275 g/mol. The number of hydrogen-bond donors (Lipinski definition) is 0. The van der Waals surface area contributed by atoms with Crippen LogP contribution in [-0.4, -0.2) is 36.6 Å². The Balaban J connectivity index is 2.21. The fraction of sp³-hybridized carbons (Fsp3) is 0.333. The van der Waals surface area contributed by atoms with Crippen LogP contribution >= 0.6 is 23.2 Å². The third-order valence-electron chi connectivity index (χ3n) is 2.66. The van der Waals surface area contributed by atoms with Crippen LogP contribution in [0.2, 0.25) is 10.0 Å². The number of amides is 1. The van der Waals surface area contributed by atoms with Crippen LogP contribution in [0.3, 0.4) is 0 Å². The summed E-state index contributed by atoms with van der Waals surface area (Å²) in [7, 11) is 0. The summed E-state index contributed by atoms with van der Waals surface area (Å²) in [6.45, 7) is 1.04. The molecule has 1 heterocycles. The monoisotopic (exact) mass is 284 g/mol. The van der Waals surface area contributed by atoms with Gasteiger partial charge < -0.3 is 9.64 Å². The lowest BCUT2D eigenvalue weighted by molar-refractivity contribution is 0.00347. The minimum Gasteiger partial charge on any atom is -0.360 e. The molecule has 94 valence electrons. The van der Waals surface area contributed by atoms with Crippen LogP contribution in [0.25, 0.3) is 0 Å². The van der Waals surface area contributed by atoms with Gasteiger partial charge >= 0.3 is 0 Å². The third kappa shape index (κ3) is 2.75. The second-order valence-corrected chi connectivity index (χ2v) is 4.71. The molecule has 0 aromatic heterocycles. The lowest BCUT2D eigenvalue weighted by atomic mass is 10.1. The number of rotatable bonds is 1. The summed E-state index contributed by atoms with van der Waals surface area (Å²) in [5.74, 6) is -0.231. The van der Waals surface area contributed by atoms with E-state index in [9.17, 15) is 4.79 Å². The van der Waals surface area contributed by atoms with Gasteiger partial charge in [0.1, 0.15) is 0 Å². The molecule has 0 bridgehead atoms. The Kier molecular flexibility index (Phi) is 4.07. The molecule has 1 unspecified atom stereocenters. The highest BCUT2D eigenvalue weighted by molar-refractivity contribution is 6.35. The largest absolute Gasteiger partial charge is 0.360 e. The Morgan fingerprint density at radius 3 is 3.00 bits per heavy atom. The van der Waals surface area contributed by atoms with Gasteiger partial charge in [-0.3, -0.25) is 4.79 Å². The van der Waals surface area contributed by atoms with Crippen molar-refractivity contribution in [2.24, 2.45) is 0 Å². The molecule has 18 heavy (non-hydrogen) atoms. The fourth-order valence-corrected chi connectivity index (χ4v) is 2.11. The van der Waals surface area contributed by atoms with E-state index in [2.05, 4.69) is 0 Å². The summed E-state index contributed by atoms with van der Waals surface area (Å²) < 4.78 is 5.18. The first-order valence-electron chi connectivity index (χ1n) is 5.37. The van der Waals surface area contributed by atoms with Gasteiger partial charge in [0.2, 0.25) is 0 Å². The van der Waals surface area contributed by atoms with Crippen molar-refractivity contribution in [1.29, 1.82) is 5.26 Å². The molecule has 4 nitrogen and oxygen atoms in total. The standard InChI is InChI=1S/C12H10Cl2N2O2/c13-8-1-2-11(14)10(5-8)12(17)16-3-4-18-9(6-15)7-16/h1-2,5,9H,3-4,7H2. The van der Waals surface area contributed by atoms with E-state index in [-0.39, 0.29) is 12.5 Å². The van der Waals surface area contributed by atoms with Crippen molar-refractivity contribution in [3.05, 3.63) is 33.8 Å². The highest BCUT2D eigenvalue weighted by Crippen LogP contribution is 2.22. The molecular formula is C12H10Cl2N2O2. The molecule has 1 aliphatic heterocycles. The van der Waals surface area contributed by atoms with Gasteiger partial charge in [0.05, 0.1) is 29.8 Å². The predicted octanol–water partition coefficient (Wildman–Crippen LogP) is 2.36. The number of nitriles is 1. The highest BCUT2D eigenvalue weighted by atomic mass is 35.5. The Morgan fingerprint density at radius 2 is 2.28 bits per heavy atom. The molecule has 1 fully saturated rings. The number of carbonyl (C=O) groups is 1. The normalized spacial score (nSPS) is 19.4. The molecule has 6 heteroatoms. The summed E-state index contributed by atoms with van der Waals surface area (Å²) in [6.07, 6.45) is -0.583. The maximum absolute atomic E-state index is 12.3. The maximum atomic E-state index is 12.3. The van der Waals surface area contributed by atoms with Crippen molar-refractivity contribution in [3.63, 3.8) is 0 Å². The van der Waals surface area contributed by atoms with E-state index in [0.29, 0.717) is 28.8 Å². The van der Waals surface area contributed by atoms with E-state index in [4.69, 9.17) is 33.2 Å². The Labute approximate surface area is 115 Å². The SMILES string of the molecule is N#CC1CN(C(=O)c2cc(Cl)ccc2Cl)CCO1. The minimum atomic E-state index is -0.583. The van der Waals surface area contributed by atoms with Crippen molar-refractivity contribution in [2.45, 2.75) is 6.10 Å². The van der Waals surface area contributed by atoms with Crippen LogP contribution in [0, 0.1) is 11.3 Å². The molecule has 1 aliphatic rings. The summed E-state index contributed by atoms with van der Waals surface area (Å²) in [6, 6.07) is 6.73. The van der Waals surface area contributed by atoms with Crippen LogP contribution < -0.4 is 0 Å². The zero-order valence-corrected chi connectivity index (χ0v) is 10.9. The molecule has 1 saturated heterocycles. The van der Waals surface area contributed by atoms with Gasteiger partial charge in [0.15, 0.2) is 6.10 Å². The van der Waals surface area contributed by atoms with E-state index in [1.165, 1.54) is 6.07 Å². The molecule has 0 aliphatic carbocycles. The summed E-state index contributed by atoms with van der Waals surface area (Å²) >= 11 is 11.8. The van der Waals surface area contributed by atoms with Crippen molar-refractivity contribution < 1.29 is 9.53 Å². The van der Waals surface area contributed by atoms with Crippen molar-refractivity contribution in [3.8, 4) is 6.07 Å². The number of nitrogens with zero attached hydrogens (tertiary/aromatic N) is 2. The van der Waals surface area contributed by atoms with Crippen molar-refractivity contribution in [1.82, 2.24) is 4.90 Å². The summed E-state index contributed by atoms with van der Waals surface area (Å²) in [4.78, 5) is 13.8. The fourth-order valence-electron chi connectivity index (χ4n) is 1.74. The molecule has 1 aromatic rings.